The molecule has 8 nitrogen and oxygen atoms in total. The Balaban J connectivity index is 1.62. The lowest BCUT2D eigenvalue weighted by Gasteiger charge is -2.33. The molecule has 2 heterocycles. The SMILES string of the molecule is O=C(Cc1cccc(F)c1F)N1CCN(S(=O)(=O)c2ncn[nH]2)CC1. The van der Waals surface area contributed by atoms with Crippen molar-refractivity contribution in [1.29, 1.82) is 0 Å². The Morgan fingerprint density at radius 2 is 1.92 bits per heavy atom. The minimum Gasteiger partial charge on any atom is -0.340 e. The first-order valence-electron chi connectivity index (χ1n) is 7.46. The van der Waals surface area contributed by atoms with Crippen LogP contribution in [0.4, 0.5) is 8.78 Å². The summed E-state index contributed by atoms with van der Waals surface area (Å²) in [5, 5.41) is 5.56. The third-order valence-corrected chi connectivity index (χ3v) is 5.67. The second-order valence-electron chi connectivity index (χ2n) is 5.47. The maximum absolute atomic E-state index is 13.7. The van der Waals surface area contributed by atoms with Crippen molar-refractivity contribution in [3.05, 3.63) is 41.7 Å². The first-order valence-corrected chi connectivity index (χ1v) is 8.90. The molecule has 11 heteroatoms. The Hall–Kier alpha value is -2.40. The van der Waals surface area contributed by atoms with E-state index in [1.807, 2.05) is 0 Å². The maximum Gasteiger partial charge on any atom is 0.278 e. The van der Waals surface area contributed by atoms with E-state index >= 15 is 0 Å². The van der Waals surface area contributed by atoms with Gasteiger partial charge in [0.25, 0.3) is 15.2 Å². The van der Waals surface area contributed by atoms with Gasteiger partial charge in [0.2, 0.25) is 5.91 Å². The van der Waals surface area contributed by atoms with Gasteiger partial charge in [-0.15, -0.1) is 0 Å². The molecule has 0 unspecified atom stereocenters. The van der Waals surface area contributed by atoms with Crippen molar-refractivity contribution in [2.24, 2.45) is 0 Å². The van der Waals surface area contributed by atoms with Gasteiger partial charge in [-0.2, -0.15) is 9.40 Å². The Bertz CT molecular complexity index is 865. The van der Waals surface area contributed by atoms with Crippen molar-refractivity contribution in [2.45, 2.75) is 11.6 Å². The maximum atomic E-state index is 13.7. The van der Waals surface area contributed by atoms with Crippen LogP contribution in [0, 0.1) is 11.6 Å². The number of nitrogens with one attached hydrogen (secondary N) is 1. The topological polar surface area (TPSA) is 99.3 Å². The monoisotopic (exact) mass is 371 g/mol. The molecule has 3 rings (SSSR count). The lowest BCUT2D eigenvalue weighted by Crippen LogP contribution is -2.51. The van der Waals surface area contributed by atoms with Crippen LogP contribution >= 0.6 is 0 Å². The van der Waals surface area contributed by atoms with Crippen molar-refractivity contribution in [2.75, 3.05) is 26.2 Å². The van der Waals surface area contributed by atoms with Crippen LogP contribution in [0.5, 0.6) is 0 Å². The molecule has 1 N–H and O–H groups in total. The number of rotatable bonds is 4. The molecule has 1 aromatic carbocycles. The molecule has 0 spiro atoms. The minimum atomic E-state index is -3.78. The van der Waals surface area contributed by atoms with E-state index in [4.69, 9.17) is 0 Å². The van der Waals surface area contributed by atoms with E-state index in [9.17, 15) is 22.0 Å². The molecular weight excluding hydrogens is 356 g/mol. The summed E-state index contributed by atoms with van der Waals surface area (Å²) in [6.45, 7) is 0.479. The molecule has 0 radical (unpaired) electrons. The number of benzene rings is 1. The fourth-order valence-electron chi connectivity index (χ4n) is 2.58. The highest BCUT2D eigenvalue weighted by Gasteiger charge is 2.32. The molecule has 1 aliphatic rings. The largest absolute Gasteiger partial charge is 0.340 e. The van der Waals surface area contributed by atoms with Crippen LogP contribution in [0.1, 0.15) is 5.56 Å². The van der Waals surface area contributed by atoms with Gasteiger partial charge in [0.1, 0.15) is 6.33 Å². The fraction of sp³-hybridized carbons (Fsp3) is 0.357. The van der Waals surface area contributed by atoms with Crippen LogP contribution in [0.3, 0.4) is 0 Å². The number of H-pyrrole nitrogens is 1. The van der Waals surface area contributed by atoms with E-state index in [0.29, 0.717) is 0 Å². The average Bonchev–Trinajstić information content (AvgIpc) is 3.14. The number of hydrogen-bond acceptors (Lipinski definition) is 5. The van der Waals surface area contributed by atoms with E-state index in [-0.39, 0.29) is 49.2 Å². The molecule has 134 valence electrons. The summed E-state index contributed by atoms with van der Waals surface area (Å²) in [6.07, 6.45) is 0.818. The van der Waals surface area contributed by atoms with Gasteiger partial charge < -0.3 is 4.90 Å². The zero-order chi connectivity index (χ0) is 18.0. The minimum absolute atomic E-state index is 0.0262. The molecule has 0 saturated carbocycles. The molecule has 0 bridgehead atoms. The Labute approximate surface area is 142 Å². The number of carbonyl (C=O) groups excluding carboxylic acids is 1. The van der Waals surface area contributed by atoms with Gasteiger partial charge in [-0.1, -0.05) is 12.1 Å². The normalized spacial score (nSPS) is 16.2. The Morgan fingerprint density at radius 3 is 2.56 bits per heavy atom. The Kier molecular flexibility index (Phi) is 4.77. The third-order valence-electron chi connectivity index (χ3n) is 3.94. The van der Waals surface area contributed by atoms with Crippen LogP contribution in [-0.2, 0) is 21.2 Å². The molecule has 1 aromatic heterocycles. The van der Waals surface area contributed by atoms with Gasteiger partial charge in [0.05, 0.1) is 6.42 Å². The molecule has 25 heavy (non-hydrogen) atoms. The summed E-state index contributed by atoms with van der Waals surface area (Å²) in [6, 6.07) is 3.67. The van der Waals surface area contributed by atoms with Gasteiger partial charge in [-0.3, -0.25) is 4.79 Å². The Morgan fingerprint density at radius 1 is 1.20 bits per heavy atom. The van der Waals surface area contributed by atoms with Gasteiger partial charge in [0.15, 0.2) is 11.6 Å². The van der Waals surface area contributed by atoms with Gasteiger partial charge in [-0.05, 0) is 6.07 Å². The number of piperazine rings is 1. The van der Waals surface area contributed by atoms with Crippen molar-refractivity contribution in [3.63, 3.8) is 0 Å². The summed E-state index contributed by atoms with van der Waals surface area (Å²) in [5.41, 5.74) is -0.0262. The molecular formula is C14H15F2N5O3S. The van der Waals surface area contributed by atoms with E-state index in [0.717, 1.165) is 12.4 Å². The third kappa shape index (κ3) is 3.51. The highest BCUT2D eigenvalue weighted by molar-refractivity contribution is 7.88. The van der Waals surface area contributed by atoms with E-state index < -0.39 is 21.7 Å². The number of sulfonamides is 1. The predicted molar refractivity (Wildman–Crippen MR) is 81.8 cm³/mol. The summed E-state index contributed by atoms with van der Waals surface area (Å²) in [5.74, 6) is -2.43. The van der Waals surface area contributed by atoms with Crippen LogP contribution < -0.4 is 0 Å². The quantitative estimate of drug-likeness (QED) is 0.825. The van der Waals surface area contributed by atoms with Crippen LogP contribution in [-0.4, -0.2) is 64.9 Å². The number of nitrogens with zero attached hydrogens (tertiary/aromatic N) is 4. The summed E-state index contributed by atoms with van der Waals surface area (Å²) in [7, 11) is -3.78. The van der Waals surface area contributed by atoms with Crippen molar-refractivity contribution >= 4 is 15.9 Å². The van der Waals surface area contributed by atoms with Gasteiger partial charge >= 0.3 is 0 Å². The highest BCUT2D eigenvalue weighted by atomic mass is 32.2. The summed E-state index contributed by atoms with van der Waals surface area (Å²) >= 11 is 0. The molecule has 0 aliphatic carbocycles. The van der Waals surface area contributed by atoms with Gasteiger partial charge in [0, 0.05) is 31.7 Å². The van der Waals surface area contributed by atoms with Crippen LogP contribution in [0.15, 0.2) is 29.7 Å². The fourth-order valence-corrected chi connectivity index (χ4v) is 3.82. The first-order chi connectivity index (χ1) is 11.9. The van der Waals surface area contributed by atoms with E-state index in [2.05, 4.69) is 15.2 Å². The number of aromatic amines is 1. The van der Waals surface area contributed by atoms with Crippen molar-refractivity contribution in [3.8, 4) is 0 Å². The lowest BCUT2D eigenvalue weighted by molar-refractivity contribution is -0.131. The second kappa shape index (κ2) is 6.84. The summed E-state index contributed by atoms with van der Waals surface area (Å²) < 4.78 is 52.6. The predicted octanol–water partition coefficient (Wildman–Crippen LogP) is 0.159. The highest BCUT2D eigenvalue weighted by Crippen LogP contribution is 2.16. The number of amides is 1. The smallest absolute Gasteiger partial charge is 0.278 e. The van der Waals surface area contributed by atoms with Crippen LogP contribution in [0.2, 0.25) is 0 Å². The van der Waals surface area contributed by atoms with E-state index in [1.165, 1.54) is 21.3 Å². The van der Waals surface area contributed by atoms with Crippen molar-refractivity contribution in [1.82, 2.24) is 24.4 Å². The average molecular weight is 371 g/mol. The standard InChI is InChI=1S/C14H15F2N5O3S/c15-11-3-1-2-10(13(11)16)8-12(22)20-4-6-21(7-5-20)25(23,24)14-17-9-18-19-14/h1-3,9H,4-8H2,(H,17,18,19). The molecule has 1 saturated heterocycles. The summed E-state index contributed by atoms with van der Waals surface area (Å²) in [4.78, 5) is 17.3. The lowest BCUT2D eigenvalue weighted by atomic mass is 10.1. The van der Waals surface area contributed by atoms with Crippen molar-refractivity contribution < 1.29 is 22.0 Å². The zero-order valence-corrected chi connectivity index (χ0v) is 13.8. The number of carbonyl (C=O) groups is 1. The molecule has 0 atom stereocenters. The number of aromatic nitrogens is 3. The second-order valence-corrected chi connectivity index (χ2v) is 7.32. The van der Waals surface area contributed by atoms with Gasteiger partial charge in [-0.25, -0.2) is 27.3 Å². The molecule has 1 amide bonds. The van der Waals surface area contributed by atoms with Crippen LogP contribution in [0.25, 0.3) is 0 Å². The number of halogens is 2. The first kappa shape index (κ1) is 17.4. The molecule has 1 fully saturated rings. The molecule has 2 aromatic rings. The molecule has 1 aliphatic heterocycles. The van der Waals surface area contributed by atoms with E-state index in [1.54, 1.807) is 0 Å². The number of hydrogen-bond donors (Lipinski definition) is 1. The zero-order valence-electron chi connectivity index (χ0n) is 13.0.